The highest BCUT2D eigenvalue weighted by Crippen LogP contribution is 2.26. The maximum atomic E-state index is 12.1. The van der Waals surface area contributed by atoms with Gasteiger partial charge in [-0.15, -0.1) is 0 Å². The van der Waals surface area contributed by atoms with Crippen molar-refractivity contribution in [3.05, 3.63) is 23.2 Å². The maximum absolute atomic E-state index is 12.1. The molecule has 1 aliphatic carbocycles. The minimum Gasteiger partial charge on any atom is -0.335 e. The third-order valence-electron chi connectivity index (χ3n) is 4.04. The van der Waals surface area contributed by atoms with Gasteiger partial charge < -0.3 is 10.6 Å². The topological polar surface area (TPSA) is 75.3 Å². The fourth-order valence-electron chi connectivity index (χ4n) is 2.69. The van der Waals surface area contributed by atoms with Crippen LogP contribution in [0.15, 0.2) is 23.1 Å². The van der Waals surface area contributed by atoms with E-state index in [2.05, 4.69) is 17.6 Å². The molecule has 0 aromatic heterocycles. The van der Waals surface area contributed by atoms with Crippen LogP contribution < -0.4 is 10.6 Å². The number of urea groups is 1. The molecule has 0 aliphatic heterocycles. The zero-order valence-corrected chi connectivity index (χ0v) is 14.3. The molecule has 2 N–H and O–H groups in total. The largest absolute Gasteiger partial charge is 0.335 e. The summed E-state index contributed by atoms with van der Waals surface area (Å²) in [5.74, 6) is 0.442. The number of anilines is 1. The molecule has 5 nitrogen and oxygen atoms in total. The van der Waals surface area contributed by atoms with Gasteiger partial charge in [0.05, 0.1) is 15.6 Å². The highest BCUT2D eigenvalue weighted by atomic mass is 35.5. The fourth-order valence-corrected chi connectivity index (χ4v) is 3.50. The number of hydrogen-bond acceptors (Lipinski definition) is 3. The molecular formula is C15H21ClN2O3S. The Hall–Kier alpha value is -1.27. The first kappa shape index (κ1) is 17.1. The van der Waals surface area contributed by atoms with Crippen molar-refractivity contribution in [2.24, 2.45) is 5.92 Å². The average Bonchev–Trinajstić information content (AvgIpc) is 2.42. The second-order valence-electron chi connectivity index (χ2n) is 5.88. The van der Waals surface area contributed by atoms with Crippen LogP contribution in [0.4, 0.5) is 10.5 Å². The van der Waals surface area contributed by atoms with E-state index in [0.717, 1.165) is 25.5 Å². The van der Waals surface area contributed by atoms with Gasteiger partial charge in [0, 0.05) is 12.3 Å². The summed E-state index contributed by atoms with van der Waals surface area (Å²) in [7, 11) is -3.34. The Bertz CT molecular complexity index is 661. The third kappa shape index (κ3) is 4.36. The van der Waals surface area contributed by atoms with Crippen LogP contribution in [0.5, 0.6) is 0 Å². The molecule has 7 heteroatoms. The van der Waals surface area contributed by atoms with E-state index in [1.807, 2.05) is 0 Å². The number of hydrogen-bond donors (Lipinski definition) is 2. The molecule has 122 valence electrons. The number of amides is 2. The van der Waals surface area contributed by atoms with Crippen LogP contribution >= 0.6 is 11.6 Å². The van der Waals surface area contributed by atoms with Crippen molar-refractivity contribution in [2.45, 2.75) is 43.5 Å². The molecular weight excluding hydrogens is 324 g/mol. The third-order valence-corrected chi connectivity index (χ3v) is 5.48. The lowest BCUT2D eigenvalue weighted by Crippen LogP contribution is -2.43. The predicted molar refractivity (Wildman–Crippen MR) is 88.1 cm³/mol. The molecule has 0 spiro atoms. The summed E-state index contributed by atoms with van der Waals surface area (Å²) in [6.07, 6.45) is 5.49. The minimum atomic E-state index is -3.34. The molecule has 2 rings (SSSR count). The monoisotopic (exact) mass is 344 g/mol. The smallest absolute Gasteiger partial charge is 0.319 e. The summed E-state index contributed by atoms with van der Waals surface area (Å²) in [6, 6.07) is 4.05. The van der Waals surface area contributed by atoms with E-state index in [-0.39, 0.29) is 17.0 Å². The summed E-state index contributed by atoms with van der Waals surface area (Å²) in [6.45, 7) is 2.13. The number of carbonyl (C=O) groups is 1. The molecule has 1 fully saturated rings. The normalized spacial score (nSPS) is 22.1. The van der Waals surface area contributed by atoms with Crippen LogP contribution in [-0.4, -0.2) is 26.7 Å². The van der Waals surface area contributed by atoms with E-state index in [1.54, 1.807) is 0 Å². The van der Waals surface area contributed by atoms with E-state index >= 15 is 0 Å². The Morgan fingerprint density at radius 3 is 2.59 bits per heavy atom. The molecule has 0 radical (unpaired) electrons. The highest BCUT2D eigenvalue weighted by Gasteiger charge is 2.23. The van der Waals surface area contributed by atoms with Crippen LogP contribution in [-0.2, 0) is 9.84 Å². The van der Waals surface area contributed by atoms with Crippen LogP contribution in [0.25, 0.3) is 0 Å². The Morgan fingerprint density at radius 2 is 1.95 bits per heavy atom. The number of rotatable bonds is 3. The Morgan fingerprint density at radius 1 is 1.27 bits per heavy atom. The lowest BCUT2D eigenvalue weighted by atomic mass is 9.86. The molecule has 1 aromatic rings. The van der Waals surface area contributed by atoms with Gasteiger partial charge in [-0.2, -0.15) is 0 Å². The van der Waals surface area contributed by atoms with Gasteiger partial charge in [0.25, 0.3) is 0 Å². The number of halogens is 1. The fraction of sp³-hybridized carbons (Fsp3) is 0.533. The van der Waals surface area contributed by atoms with Crippen molar-refractivity contribution < 1.29 is 13.2 Å². The molecule has 2 atom stereocenters. The lowest BCUT2D eigenvalue weighted by Gasteiger charge is -2.29. The standard InChI is InChI=1S/C15H21ClN2O3S/c1-10-5-3-4-6-13(10)17-15(19)18-14-9-11(22(2,20)21)7-8-12(14)16/h7-10,13H,3-6H2,1-2H3,(H2,17,18,19). The minimum absolute atomic E-state index is 0.123. The Balaban J connectivity index is 2.08. The molecule has 0 bridgehead atoms. The van der Waals surface area contributed by atoms with E-state index in [4.69, 9.17) is 11.6 Å². The molecule has 0 heterocycles. The van der Waals surface area contributed by atoms with Crippen LogP contribution in [0.1, 0.15) is 32.6 Å². The first-order valence-electron chi connectivity index (χ1n) is 7.34. The highest BCUT2D eigenvalue weighted by molar-refractivity contribution is 7.90. The zero-order chi connectivity index (χ0) is 16.3. The van der Waals surface area contributed by atoms with Gasteiger partial charge in [-0.1, -0.05) is 31.4 Å². The molecule has 2 unspecified atom stereocenters. The lowest BCUT2D eigenvalue weighted by molar-refractivity contribution is 0.232. The van der Waals surface area contributed by atoms with Crippen molar-refractivity contribution in [1.29, 1.82) is 0 Å². The number of sulfone groups is 1. The predicted octanol–water partition coefficient (Wildman–Crippen LogP) is 3.44. The summed E-state index contributed by atoms with van der Waals surface area (Å²) in [5, 5.41) is 5.89. The molecule has 1 aliphatic rings. The summed E-state index contributed by atoms with van der Waals surface area (Å²) in [4.78, 5) is 12.2. The van der Waals surface area contributed by atoms with E-state index < -0.39 is 9.84 Å². The maximum Gasteiger partial charge on any atom is 0.319 e. The van der Waals surface area contributed by atoms with E-state index in [1.165, 1.54) is 24.6 Å². The molecule has 1 aromatic carbocycles. The first-order valence-corrected chi connectivity index (χ1v) is 9.61. The molecule has 1 saturated carbocycles. The van der Waals surface area contributed by atoms with Crippen LogP contribution in [0.2, 0.25) is 5.02 Å². The van der Waals surface area contributed by atoms with Gasteiger partial charge in [-0.3, -0.25) is 0 Å². The summed E-state index contributed by atoms with van der Waals surface area (Å²) < 4.78 is 23.1. The zero-order valence-electron chi connectivity index (χ0n) is 12.7. The molecule has 0 saturated heterocycles. The summed E-state index contributed by atoms with van der Waals surface area (Å²) >= 11 is 6.02. The van der Waals surface area contributed by atoms with Crippen molar-refractivity contribution in [3.8, 4) is 0 Å². The van der Waals surface area contributed by atoms with Gasteiger partial charge in [0.2, 0.25) is 0 Å². The van der Waals surface area contributed by atoms with Gasteiger partial charge in [-0.05, 0) is 37.0 Å². The first-order chi connectivity index (χ1) is 10.3. The van der Waals surface area contributed by atoms with Crippen LogP contribution in [0.3, 0.4) is 0 Å². The van der Waals surface area contributed by atoms with E-state index in [9.17, 15) is 13.2 Å². The van der Waals surface area contributed by atoms with Gasteiger partial charge in [0.1, 0.15) is 0 Å². The van der Waals surface area contributed by atoms with Gasteiger partial charge in [-0.25, -0.2) is 13.2 Å². The molecule has 22 heavy (non-hydrogen) atoms. The second kappa shape index (κ2) is 6.87. The van der Waals surface area contributed by atoms with Crippen molar-refractivity contribution >= 4 is 33.2 Å². The molecule has 2 amide bonds. The van der Waals surface area contributed by atoms with Crippen molar-refractivity contribution in [3.63, 3.8) is 0 Å². The van der Waals surface area contributed by atoms with Gasteiger partial charge in [0.15, 0.2) is 9.84 Å². The Kier molecular flexibility index (Phi) is 5.34. The average molecular weight is 345 g/mol. The SMILES string of the molecule is CC1CCCCC1NC(=O)Nc1cc(S(C)(=O)=O)ccc1Cl. The van der Waals surface area contributed by atoms with Crippen molar-refractivity contribution in [1.82, 2.24) is 5.32 Å². The number of carbonyl (C=O) groups excluding carboxylic acids is 1. The number of benzene rings is 1. The van der Waals surface area contributed by atoms with Gasteiger partial charge >= 0.3 is 6.03 Å². The number of nitrogens with one attached hydrogen (secondary N) is 2. The van der Waals surface area contributed by atoms with E-state index in [0.29, 0.717) is 16.6 Å². The Labute approximate surface area is 136 Å². The van der Waals surface area contributed by atoms with Crippen LogP contribution in [0, 0.1) is 5.92 Å². The quantitative estimate of drug-likeness (QED) is 0.881. The summed E-state index contributed by atoms with van der Waals surface area (Å²) in [5.41, 5.74) is 0.297. The second-order valence-corrected chi connectivity index (χ2v) is 8.30. The van der Waals surface area contributed by atoms with Crippen molar-refractivity contribution in [2.75, 3.05) is 11.6 Å².